The molecule has 0 N–H and O–H groups in total. The van der Waals surface area contributed by atoms with Crippen LogP contribution in [0.4, 0.5) is 0 Å². The number of carbonyl (C=O) groups excluding carboxylic acids is 1. The molecule has 0 aromatic carbocycles. The van der Waals surface area contributed by atoms with Gasteiger partial charge in [-0.2, -0.15) is 5.10 Å². The minimum absolute atomic E-state index is 0.358. The van der Waals surface area contributed by atoms with E-state index in [0.29, 0.717) is 11.8 Å². The highest BCUT2D eigenvalue weighted by atomic mass is 16.2. The Morgan fingerprint density at radius 1 is 1.20 bits per heavy atom. The molecule has 1 aromatic heterocycles. The Morgan fingerprint density at radius 2 is 1.90 bits per heavy atom. The Morgan fingerprint density at radius 3 is 2.45 bits per heavy atom. The van der Waals surface area contributed by atoms with Crippen molar-refractivity contribution in [2.75, 3.05) is 32.7 Å². The first-order chi connectivity index (χ1) is 9.63. The summed E-state index contributed by atoms with van der Waals surface area (Å²) in [5.41, 5.74) is 2.31. The van der Waals surface area contributed by atoms with Crippen molar-refractivity contribution in [1.29, 1.82) is 0 Å². The van der Waals surface area contributed by atoms with Crippen LogP contribution in [0.25, 0.3) is 0 Å². The molecule has 1 aliphatic carbocycles. The van der Waals surface area contributed by atoms with Crippen LogP contribution < -0.4 is 0 Å². The van der Waals surface area contributed by atoms with E-state index in [0.717, 1.165) is 57.8 Å². The molecule has 0 spiro atoms. The Bertz CT molecular complexity index is 484. The average Bonchev–Trinajstić information content (AvgIpc) is 3.23. The van der Waals surface area contributed by atoms with E-state index >= 15 is 0 Å². The van der Waals surface area contributed by atoms with Crippen LogP contribution in [-0.4, -0.2) is 58.2 Å². The van der Waals surface area contributed by atoms with Crippen LogP contribution in [0.15, 0.2) is 6.07 Å². The molecule has 110 valence electrons. The number of hydrogen-bond acceptors (Lipinski definition) is 3. The van der Waals surface area contributed by atoms with Gasteiger partial charge in [0.15, 0.2) is 0 Å². The molecule has 0 radical (unpaired) electrons. The van der Waals surface area contributed by atoms with E-state index in [-0.39, 0.29) is 0 Å². The fourth-order valence-corrected chi connectivity index (χ4v) is 2.92. The van der Waals surface area contributed by atoms with Gasteiger partial charge in [0.05, 0.1) is 12.2 Å². The minimum Gasteiger partial charge on any atom is -0.340 e. The van der Waals surface area contributed by atoms with Gasteiger partial charge in [0.25, 0.3) is 0 Å². The van der Waals surface area contributed by atoms with Crippen molar-refractivity contribution in [3.8, 4) is 0 Å². The minimum atomic E-state index is 0.358. The molecule has 5 nitrogen and oxygen atoms in total. The van der Waals surface area contributed by atoms with Gasteiger partial charge in [0.1, 0.15) is 0 Å². The van der Waals surface area contributed by atoms with Gasteiger partial charge in [-0.25, -0.2) is 0 Å². The third-order valence-electron chi connectivity index (χ3n) is 4.34. The van der Waals surface area contributed by atoms with E-state index in [1.165, 1.54) is 5.69 Å². The lowest BCUT2D eigenvalue weighted by Crippen LogP contribution is -2.49. The third-order valence-corrected chi connectivity index (χ3v) is 4.34. The van der Waals surface area contributed by atoms with Crippen molar-refractivity contribution in [1.82, 2.24) is 19.6 Å². The smallest absolute Gasteiger partial charge is 0.225 e. The second kappa shape index (κ2) is 5.56. The lowest BCUT2D eigenvalue weighted by atomic mass is 10.2. The maximum Gasteiger partial charge on any atom is 0.225 e. The van der Waals surface area contributed by atoms with Gasteiger partial charge >= 0.3 is 0 Å². The van der Waals surface area contributed by atoms with Crippen molar-refractivity contribution < 1.29 is 4.79 Å². The van der Waals surface area contributed by atoms with Crippen molar-refractivity contribution in [3.63, 3.8) is 0 Å². The Hall–Kier alpha value is -1.36. The molecule has 20 heavy (non-hydrogen) atoms. The molecule has 1 amide bonds. The van der Waals surface area contributed by atoms with Gasteiger partial charge in [-0.15, -0.1) is 0 Å². The first-order valence-electron chi connectivity index (χ1n) is 7.65. The molecule has 0 unspecified atom stereocenters. The van der Waals surface area contributed by atoms with E-state index in [1.54, 1.807) is 0 Å². The van der Waals surface area contributed by atoms with Crippen molar-refractivity contribution in [2.45, 2.75) is 33.2 Å². The monoisotopic (exact) mass is 276 g/mol. The largest absolute Gasteiger partial charge is 0.340 e. The molecule has 1 aliphatic heterocycles. The summed E-state index contributed by atoms with van der Waals surface area (Å²) in [6, 6.07) is 2.12. The number of nitrogens with zero attached hydrogens (tertiary/aromatic N) is 4. The van der Waals surface area contributed by atoms with Gasteiger partial charge in [0, 0.05) is 44.3 Å². The predicted molar refractivity (Wildman–Crippen MR) is 77.4 cm³/mol. The van der Waals surface area contributed by atoms with Crippen LogP contribution in [0.1, 0.15) is 24.2 Å². The second-order valence-electron chi connectivity index (χ2n) is 6.09. The SMILES string of the molecule is Cc1cc(C)n(CCN2CCN(C(=O)C3CC3)CC2)n1. The van der Waals surface area contributed by atoms with Crippen LogP contribution in [-0.2, 0) is 11.3 Å². The topological polar surface area (TPSA) is 41.4 Å². The van der Waals surface area contributed by atoms with E-state index in [1.807, 2.05) is 6.92 Å². The maximum atomic E-state index is 12.0. The molecule has 0 atom stereocenters. The van der Waals surface area contributed by atoms with Gasteiger partial charge < -0.3 is 4.90 Å². The Balaban J connectivity index is 1.44. The average molecular weight is 276 g/mol. The van der Waals surface area contributed by atoms with Crippen LogP contribution >= 0.6 is 0 Å². The summed E-state index contributed by atoms with van der Waals surface area (Å²) in [4.78, 5) is 16.5. The zero-order chi connectivity index (χ0) is 14.1. The van der Waals surface area contributed by atoms with E-state index in [4.69, 9.17) is 0 Å². The molecular weight excluding hydrogens is 252 g/mol. The molecule has 5 heteroatoms. The molecule has 2 aliphatic rings. The second-order valence-corrected chi connectivity index (χ2v) is 6.09. The molecule has 2 fully saturated rings. The first kappa shape index (κ1) is 13.6. The predicted octanol–water partition coefficient (Wildman–Crippen LogP) is 1.05. The quantitative estimate of drug-likeness (QED) is 0.825. The molecular formula is C15H24N4O. The van der Waals surface area contributed by atoms with Crippen LogP contribution in [0.3, 0.4) is 0 Å². The summed E-state index contributed by atoms with van der Waals surface area (Å²) in [6.07, 6.45) is 2.22. The van der Waals surface area contributed by atoms with Crippen molar-refractivity contribution in [3.05, 3.63) is 17.5 Å². The standard InChI is InChI=1S/C15H24N4O/c1-12-11-13(2)19(16-12)10-7-17-5-8-18(9-6-17)15(20)14-3-4-14/h11,14H,3-10H2,1-2H3. The van der Waals surface area contributed by atoms with Gasteiger partial charge in [-0.3, -0.25) is 14.4 Å². The first-order valence-corrected chi connectivity index (χ1v) is 7.65. The number of hydrogen-bond donors (Lipinski definition) is 0. The van der Waals surface area contributed by atoms with Gasteiger partial charge in [-0.05, 0) is 32.8 Å². The summed E-state index contributed by atoms with van der Waals surface area (Å²) in [6.45, 7) is 9.89. The molecule has 1 aromatic rings. The summed E-state index contributed by atoms with van der Waals surface area (Å²) in [5, 5.41) is 4.49. The molecule has 3 rings (SSSR count). The zero-order valence-electron chi connectivity index (χ0n) is 12.5. The normalized spacial score (nSPS) is 20.4. The molecule has 0 bridgehead atoms. The number of carbonyl (C=O) groups is 1. The lowest BCUT2D eigenvalue weighted by molar-refractivity contribution is -0.134. The highest BCUT2D eigenvalue weighted by Gasteiger charge is 2.34. The van der Waals surface area contributed by atoms with E-state index in [9.17, 15) is 4.79 Å². The summed E-state index contributed by atoms with van der Waals surface area (Å²) in [7, 11) is 0. The number of aromatic nitrogens is 2. The zero-order valence-corrected chi connectivity index (χ0v) is 12.5. The fraction of sp³-hybridized carbons (Fsp3) is 0.733. The van der Waals surface area contributed by atoms with E-state index < -0.39 is 0 Å². The van der Waals surface area contributed by atoms with Crippen molar-refractivity contribution >= 4 is 5.91 Å². The molecule has 1 saturated heterocycles. The number of rotatable bonds is 4. The molecule has 1 saturated carbocycles. The lowest BCUT2D eigenvalue weighted by Gasteiger charge is -2.34. The van der Waals surface area contributed by atoms with Crippen LogP contribution in [0.2, 0.25) is 0 Å². The van der Waals surface area contributed by atoms with Crippen molar-refractivity contribution in [2.24, 2.45) is 5.92 Å². The highest BCUT2D eigenvalue weighted by Crippen LogP contribution is 2.31. The summed E-state index contributed by atoms with van der Waals surface area (Å²) >= 11 is 0. The van der Waals surface area contributed by atoms with Gasteiger partial charge in [-0.1, -0.05) is 0 Å². The van der Waals surface area contributed by atoms with Crippen LogP contribution in [0.5, 0.6) is 0 Å². The maximum absolute atomic E-state index is 12.0. The number of aryl methyl sites for hydroxylation is 2. The third kappa shape index (κ3) is 3.03. The number of amides is 1. The highest BCUT2D eigenvalue weighted by molar-refractivity contribution is 5.81. The molecule has 2 heterocycles. The Labute approximate surface area is 120 Å². The Kier molecular flexibility index (Phi) is 3.78. The fourth-order valence-electron chi connectivity index (χ4n) is 2.92. The van der Waals surface area contributed by atoms with E-state index in [2.05, 4.69) is 32.6 Å². The summed E-state index contributed by atoms with van der Waals surface area (Å²) < 4.78 is 2.08. The number of piperazine rings is 1. The van der Waals surface area contributed by atoms with Crippen LogP contribution in [0, 0.1) is 19.8 Å². The van der Waals surface area contributed by atoms with Gasteiger partial charge in [0.2, 0.25) is 5.91 Å². The summed E-state index contributed by atoms with van der Waals surface area (Å²) in [5.74, 6) is 0.749.